The van der Waals surface area contributed by atoms with Gasteiger partial charge in [-0.15, -0.1) is 0 Å². The van der Waals surface area contributed by atoms with Crippen molar-refractivity contribution < 1.29 is 64.4 Å². The molecule has 0 bridgehead atoms. The SMILES string of the molecule is CCO.O=S(=O)(O)O.[Ce]. The summed E-state index contributed by atoms with van der Waals surface area (Å²) >= 11 is 0. The summed E-state index contributed by atoms with van der Waals surface area (Å²) in [5, 5.41) is 7.57. The number of hydrogen-bond acceptors (Lipinski definition) is 3. The average Bonchev–Trinajstić information content (AvgIpc) is 1.27. The molecule has 0 fully saturated rings. The van der Waals surface area contributed by atoms with Crippen LogP contribution < -0.4 is 0 Å². The Balaban J connectivity index is -0.0000000800. The Bertz CT molecular complexity index is 109. The van der Waals surface area contributed by atoms with Crippen molar-refractivity contribution in [1.82, 2.24) is 0 Å². The molecule has 5 nitrogen and oxygen atoms in total. The van der Waals surface area contributed by atoms with Gasteiger partial charge in [0, 0.05) is 48.4 Å². The van der Waals surface area contributed by atoms with Crippen molar-refractivity contribution in [2.45, 2.75) is 6.92 Å². The molecule has 0 aromatic carbocycles. The van der Waals surface area contributed by atoms with Crippen LogP contribution in [0.2, 0.25) is 0 Å². The molecular weight excluding hydrogens is 276 g/mol. The number of hydrogen-bond donors (Lipinski definition) is 3. The maximum atomic E-state index is 8.74. The van der Waals surface area contributed by atoms with E-state index in [1.54, 1.807) is 6.92 Å². The third-order valence-electron chi connectivity index (χ3n) is 0. The summed E-state index contributed by atoms with van der Waals surface area (Å²) in [7, 11) is -4.67. The Labute approximate surface area is 87.4 Å². The first kappa shape index (κ1) is 16.7. The van der Waals surface area contributed by atoms with Gasteiger partial charge in [0.2, 0.25) is 0 Å². The van der Waals surface area contributed by atoms with Gasteiger partial charge in [0.05, 0.1) is 0 Å². The number of aliphatic hydroxyl groups is 1. The molecule has 0 saturated carbocycles. The van der Waals surface area contributed by atoms with Crippen molar-refractivity contribution in [2.24, 2.45) is 0 Å². The molecule has 0 spiro atoms. The summed E-state index contributed by atoms with van der Waals surface area (Å²) in [5.41, 5.74) is 0. The van der Waals surface area contributed by atoms with Crippen LogP contribution in [-0.2, 0) is 10.4 Å². The van der Waals surface area contributed by atoms with Gasteiger partial charge in [-0.1, -0.05) is 0 Å². The topological polar surface area (TPSA) is 94.8 Å². The van der Waals surface area contributed by atoms with Gasteiger partial charge in [-0.25, -0.2) is 0 Å². The summed E-state index contributed by atoms with van der Waals surface area (Å²) in [5.74, 6) is 0. The van der Waals surface area contributed by atoms with Crippen LogP contribution in [0.25, 0.3) is 0 Å². The van der Waals surface area contributed by atoms with Gasteiger partial charge in [-0.05, 0) is 6.92 Å². The molecule has 0 aliphatic rings. The Hall–Kier alpha value is 1.21. The van der Waals surface area contributed by atoms with Gasteiger partial charge in [0.25, 0.3) is 0 Å². The first-order chi connectivity index (χ1) is 3.41. The minimum absolute atomic E-state index is 0. The van der Waals surface area contributed by atoms with Crippen molar-refractivity contribution in [1.29, 1.82) is 0 Å². The zero-order valence-electron chi connectivity index (χ0n) is 4.77. The normalized spacial score (nSPS) is 8.44. The smallest absolute Gasteiger partial charge is 0.394 e. The molecule has 0 saturated heterocycles. The second-order valence-electron chi connectivity index (χ2n) is 0.764. The summed E-state index contributed by atoms with van der Waals surface area (Å²) in [6, 6.07) is 0. The van der Waals surface area contributed by atoms with Crippen molar-refractivity contribution in [3.63, 3.8) is 0 Å². The average molecular weight is 284 g/mol. The van der Waals surface area contributed by atoms with E-state index in [-0.39, 0.29) is 48.4 Å². The van der Waals surface area contributed by atoms with Gasteiger partial charge in [0.15, 0.2) is 0 Å². The zero-order valence-corrected chi connectivity index (χ0v) is 8.73. The first-order valence-electron chi connectivity index (χ1n) is 1.72. The molecule has 0 rings (SSSR count). The molecule has 7 heteroatoms. The third kappa shape index (κ3) is 328. The van der Waals surface area contributed by atoms with Gasteiger partial charge >= 0.3 is 10.4 Å². The molecular formula is C2H8CeO5S. The summed E-state index contributed by atoms with van der Waals surface area (Å²) in [4.78, 5) is 0. The van der Waals surface area contributed by atoms with Crippen molar-refractivity contribution in [2.75, 3.05) is 6.61 Å². The molecule has 0 atom stereocenters. The maximum Gasteiger partial charge on any atom is 0.394 e. The minimum Gasteiger partial charge on any atom is -0.397 e. The van der Waals surface area contributed by atoms with Crippen LogP contribution in [-0.4, -0.2) is 29.2 Å². The van der Waals surface area contributed by atoms with Crippen LogP contribution in [0, 0.1) is 41.7 Å². The van der Waals surface area contributed by atoms with E-state index in [2.05, 4.69) is 0 Å². The molecule has 56 valence electrons. The molecule has 0 radical (unpaired) electrons. The van der Waals surface area contributed by atoms with Gasteiger partial charge < -0.3 is 5.11 Å². The molecule has 0 aliphatic heterocycles. The van der Waals surface area contributed by atoms with E-state index >= 15 is 0 Å². The molecule has 0 aromatic heterocycles. The first-order valence-corrected chi connectivity index (χ1v) is 3.12. The summed E-state index contributed by atoms with van der Waals surface area (Å²) in [6.07, 6.45) is 0. The predicted octanol–water partition coefficient (Wildman–Crippen LogP) is -0.654. The summed E-state index contributed by atoms with van der Waals surface area (Å²) < 4.78 is 31.6. The molecule has 0 amide bonds. The fraction of sp³-hybridized carbons (Fsp3) is 1.00. The molecule has 3 N–H and O–H groups in total. The molecule has 0 heterocycles. The molecule has 0 aromatic rings. The van der Waals surface area contributed by atoms with Crippen molar-refractivity contribution in [3.8, 4) is 0 Å². The monoisotopic (exact) mass is 284 g/mol. The Morgan fingerprint density at radius 1 is 1.33 bits per heavy atom. The van der Waals surface area contributed by atoms with Crippen LogP contribution in [0.3, 0.4) is 0 Å². The van der Waals surface area contributed by atoms with E-state index in [0.29, 0.717) is 0 Å². The zero-order chi connectivity index (χ0) is 7.21. The van der Waals surface area contributed by atoms with E-state index in [1.807, 2.05) is 0 Å². The van der Waals surface area contributed by atoms with Crippen LogP contribution >= 0.6 is 0 Å². The third-order valence-corrected chi connectivity index (χ3v) is 0. The maximum absolute atomic E-state index is 8.74. The fourth-order valence-electron chi connectivity index (χ4n) is 0. The van der Waals surface area contributed by atoms with E-state index in [0.717, 1.165) is 0 Å². The Morgan fingerprint density at radius 3 is 1.33 bits per heavy atom. The van der Waals surface area contributed by atoms with Crippen LogP contribution in [0.5, 0.6) is 0 Å². The van der Waals surface area contributed by atoms with E-state index in [4.69, 9.17) is 22.6 Å². The second-order valence-corrected chi connectivity index (χ2v) is 1.66. The largest absolute Gasteiger partial charge is 0.397 e. The molecule has 0 unspecified atom stereocenters. The fourth-order valence-corrected chi connectivity index (χ4v) is 0. The van der Waals surface area contributed by atoms with E-state index in [9.17, 15) is 0 Å². The van der Waals surface area contributed by atoms with Crippen LogP contribution in [0.1, 0.15) is 6.92 Å². The van der Waals surface area contributed by atoms with Crippen LogP contribution in [0.4, 0.5) is 0 Å². The van der Waals surface area contributed by atoms with Crippen LogP contribution in [0.15, 0.2) is 0 Å². The predicted molar refractivity (Wildman–Crippen MR) is 26.9 cm³/mol. The molecule has 0 aliphatic carbocycles. The van der Waals surface area contributed by atoms with E-state index in [1.165, 1.54) is 0 Å². The van der Waals surface area contributed by atoms with Crippen molar-refractivity contribution >= 4 is 10.4 Å². The van der Waals surface area contributed by atoms with Gasteiger partial charge in [-0.2, -0.15) is 8.42 Å². The second kappa shape index (κ2) is 9.21. The summed E-state index contributed by atoms with van der Waals surface area (Å²) in [6.45, 7) is 1.93. The van der Waals surface area contributed by atoms with Gasteiger partial charge in [0.1, 0.15) is 0 Å². The molecule has 9 heavy (non-hydrogen) atoms. The number of rotatable bonds is 0. The standard InChI is InChI=1S/C2H6O.Ce.H2O4S/c1-2-3;;1-5(2,3)4/h3H,2H2,1H3;;(H2,1,2,3,4). The number of aliphatic hydroxyl groups excluding tert-OH is 1. The Kier molecular flexibility index (Phi) is 17.0. The van der Waals surface area contributed by atoms with Crippen molar-refractivity contribution in [3.05, 3.63) is 0 Å². The van der Waals surface area contributed by atoms with E-state index < -0.39 is 10.4 Å². The Morgan fingerprint density at radius 2 is 1.33 bits per heavy atom. The minimum atomic E-state index is -4.67. The quantitative estimate of drug-likeness (QED) is 0.514. The van der Waals surface area contributed by atoms with Gasteiger partial charge in [-0.3, -0.25) is 9.11 Å².